The fourth-order valence-corrected chi connectivity index (χ4v) is 1.66. The Morgan fingerprint density at radius 3 is 2.74 bits per heavy atom. The summed E-state index contributed by atoms with van der Waals surface area (Å²) >= 11 is 0. The number of hydrogen-bond acceptors (Lipinski definition) is 4. The van der Waals surface area contributed by atoms with Crippen LogP contribution >= 0.6 is 0 Å². The number of nitrogens with two attached hydrogens (primary N) is 1. The summed E-state index contributed by atoms with van der Waals surface area (Å²) in [6.07, 6.45) is 0.105. The van der Waals surface area contributed by atoms with Gasteiger partial charge in [0.2, 0.25) is 0 Å². The smallest absolute Gasteiger partial charge is 0.414 e. The Hall–Kier alpha value is -2.08. The third-order valence-corrected chi connectivity index (χ3v) is 2.75. The van der Waals surface area contributed by atoms with E-state index in [0.717, 1.165) is 5.69 Å². The molecular weight excluding hydrogens is 251 g/mol. The molecule has 1 heterocycles. The minimum Gasteiger partial charge on any atom is -0.489 e. The summed E-state index contributed by atoms with van der Waals surface area (Å²) in [7, 11) is 0. The predicted molar refractivity (Wildman–Crippen MR) is 68.9 cm³/mol. The average Bonchev–Trinajstić information content (AvgIpc) is 2.87. The fourth-order valence-electron chi connectivity index (χ4n) is 1.66. The lowest BCUT2D eigenvalue weighted by Gasteiger charge is -2.13. The van der Waals surface area contributed by atoms with E-state index in [9.17, 15) is 9.18 Å². The zero-order valence-corrected chi connectivity index (χ0v) is 10.3. The van der Waals surface area contributed by atoms with E-state index in [0.29, 0.717) is 30.8 Å². The van der Waals surface area contributed by atoms with Crippen LogP contribution in [0.15, 0.2) is 36.2 Å². The van der Waals surface area contributed by atoms with Gasteiger partial charge in [0.05, 0.1) is 12.9 Å². The highest BCUT2D eigenvalue weighted by Crippen LogP contribution is 2.22. The van der Waals surface area contributed by atoms with E-state index in [1.54, 1.807) is 24.3 Å². The quantitative estimate of drug-likeness (QED) is 0.883. The van der Waals surface area contributed by atoms with Gasteiger partial charge in [-0.2, -0.15) is 0 Å². The molecule has 2 rings (SSSR count). The highest BCUT2D eigenvalue weighted by molar-refractivity contribution is 5.89. The number of amides is 1. The zero-order chi connectivity index (χ0) is 13.7. The molecule has 0 saturated carbocycles. The Balaban J connectivity index is 1.96. The standard InChI is InChI=1S/C13H15FN2O3/c14-7-10(8-15)9-19-12-3-1-11(2-4-12)16-5-6-18-13(16)17/h1-4,7H,5-6,8-9,15H2/b10-7+. The SMILES string of the molecule is NC/C(=C\F)COc1ccc(N2CCOC2=O)cc1. The van der Waals surface area contributed by atoms with Crippen molar-refractivity contribution in [3.8, 4) is 5.75 Å². The Bertz CT molecular complexity index is 473. The minimum absolute atomic E-state index is 0.109. The van der Waals surface area contributed by atoms with Crippen LogP contribution < -0.4 is 15.4 Å². The van der Waals surface area contributed by atoms with Gasteiger partial charge in [-0.05, 0) is 24.3 Å². The molecule has 0 unspecified atom stereocenters. The van der Waals surface area contributed by atoms with Crippen LogP contribution in [0.3, 0.4) is 0 Å². The molecule has 1 fully saturated rings. The molecule has 0 spiro atoms. The molecule has 0 radical (unpaired) electrons. The van der Waals surface area contributed by atoms with Crippen molar-refractivity contribution >= 4 is 11.8 Å². The van der Waals surface area contributed by atoms with E-state index >= 15 is 0 Å². The molecule has 2 N–H and O–H groups in total. The third kappa shape index (κ3) is 3.23. The van der Waals surface area contributed by atoms with Crippen LogP contribution in [-0.4, -0.2) is 32.4 Å². The van der Waals surface area contributed by atoms with Gasteiger partial charge in [0, 0.05) is 17.8 Å². The van der Waals surface area contributed by atoms with Gasteiger partial charge < -0.3 is 15.2 Å². The first-order chi connectivity index (χ1) is 9.24. The zero-order valence-electron chi connectivity index (χ0n) is 10.3. The molecule has 0 aromatic heterocycles. The molecule has 102 valence electrons. The van der Waals surface area contributed by atoms with Crippen LogP contribution in [0.2, 0.25) is 0 Å². The van der Waals surface area contributed by atoms with Crippen molar-refractivity contribution < 1.29 is 18.7 Å². The number of ether oxygens (including phenoxy) is 2. The Morgan fingerprint density at radius 2 is 2.21 bits per heavy atom. The lowest BCUT2D eigenvalue weighted by molar-refractivity contribution is 0.181. The van der Waals surface area contributed by atoms with Crippen molar-refractivity contribution in [1.82, 2.24) is 0 Å². The van der Waals surface area contributed by atoms with Crippen molar-refractivity contribution in [2.75, 3.05) is 31.2 Å². The molecule has 1 aromatic carbocycles. The Morgan fingerprint density at radius 1 is 1.47 bits per heavy atom. The van der Waals surface area contributed by atoms with Crippen LogP contribution in [0.5, 0.6) is 5.75 Å². The number of carbonyl (C=O) groups excluding carboxylic acids is 1. The first-order valence-corrected chi connectivity index (χ1v) is 5.90. The van der Waals surface area contributed by atoms with Crippen LogP contribution in [0.4, 0.5) is 14.9 Å². The summed E-state index contributed by atoms with van der Waals surface area (Å²) in [6, 6.07) is 6.94. The maximum atomic E-state index is 12.3. The number of anilines is 1. The van der Waals surface area contributed by atoms with Crippen LogP contribution in [0.25, 0.3) is 0 Å². The van der Waals surface area contributed by atoms with Crippen molar-refractivity contribution in [2.45, 2.75) is 0 Å². The number of rotatable bonds is 5. The molecule has 1 aromatic rings. The van der Waals surface area contributed by atoms with E-state index in [4.69, 9.17) is 15.2 Å². The van der Waals surface area contributed by atoms with Crippen molar-refractivity contribution in [2.24, 2.45) is 5.73 Å². The second-order valence-electron chi connectivity index (χ2n) is 4.02. The van der Waals surface area contributed by atoms with Gasteiger partial charge in [-0.15, -0.1) is 0 Å². The third-order valence-electron chi connectivity index (χ3n) is 2.75. The van der Waals surface area contributed by atoms with Crippen LogP contribution in [0, 0.1) is 0 Å². The van der Waals surface area contributed by atoms with E-state index in [1.807, 2.05) is 0 Å². The van der Waals surface area contributed by atoms with E-state index in [1.165, 1.54) is 4.90 Å². The first kappa shape index (κ1) is 13.4. The second-order valence-corrected chi connectivity index (χ2v) is 4.02. The largest absolute Gasteiger partial charge is 0.489 e. The lowest BCUT2D eigenvalue weighted by atomic mass is 10.2. The molecule has 6 heteroatoms. The Labute approximate surface area is 110 Å². The summed E-state index contributed by atoms with van der Waals surface area (Å²) in [5.41, 5.74) is 6.45. The maximum Gasteiger partial charge on any atom is 0.414 e. The molecule has 1 aliphatic rings. The van der Waals surface area contributed by atoms with Crippen LogP contribution in [-0.2, 0) is 4.74 Å². The predicted octanol–water partition coefficient (Wildman–Crippen LogP) is 1.83. The molecule has 5 nitrogen and oxygen atoms in total. The van der Waals surface area contributed by atoms with Gasteiger partial charge in [0.1, 0.15) is 19.0 Å². The Kier molecular flexibility index (Phi) is 4.35. The van der Waals surface area contributed by atoms with Crippen LogP contribution in [0.1, 0.15) is 0 Å². The van der Waals surface area contributed by atoms with E-state index < -0.39 is 0 Å². The molecule has 19 heavy (non-hydrogen) atoms. The maximum absolute atomic E-state index is 12.3. The van der Waals surface area contributed by atoms with Gasteiger partial charge in [-0.25, -0.2) is 9.18 Å². The van der Waals surface area contributed by atoms with Gasteiger partial charge >= 0.3 is 6.09 Å². The molecular formula is C13H15FN2O3. The normalized spacial score (nSPS) is 15.6. The number of cyclic esters (lactones) is 1. The van der Waals surface area contributed by atoms with Gasteiger partial charge in [0.25, 0.3) is 0 Å². The van der Waals surface area contributed by atoms with E-state index in [2.05, 4.69) is 0 Å². The fraction of sp³-hybridized carbons (Fsp3) is 0.308. The van der Waals surface area contributed by atoms with Crippen molar-refractivity contribution in [3.05, 3.63) is 36.2 Å². The number of benzene rings is 1. The molecule has 1 aliphatic heterocycles. The summed E-state index contributed by atoms with van der Waals surface area (Å²) in [4.78, 5) is 12.9. The highest BCUT2D eigenvalue weighted by atomic mass is 19.1. The lowest BCUT2D eigenvalue weighted by Crippen LogP contribution is -2.23. The number of carbonyl (C=O) groups is 1. The minimum atomic E-state index is -0.348. The summed E-state index contributed by atoms with van der Waals surface area (Å²) in [5.74, 6) is 0.587. The van der Waals surface area contributed by atoms with Crippen molar-refractivity contribution in [1.29, 1.82) is 0 Å². The first-order valence-electron chi connectivity index (χ1n) is 5.90. The van der Waals surface area contributed by atoms with Gasteiger partial charge in [-0.1, -0.05) is 0 Å². The van der Waals surface area contributed by atoms with Gasteiger partial charge in [0.15, 0.2) is 0 Å². The number of nitrogens with zero attached hydrogens (tertiary/aromatic N) is 1. The van der Waals surface area contributed by atoms with Crippen molar-refractivity contribution in [3.63, 3.8) is 0 Å². The number of halogens is 1. The summed E-state index contributed by atoms with van der Waals surface area (Å²) in [6.45, 7) is 1.17. The molecule has 1 amide bonds. The number of hydrogen-bond donors (Lipinski definition) is 1. The summed E-state index contributed by atoms with van der Waals surface area (Å²) < 4.78 is 22.5. The van der Waals surface area contributed by atoms with Gasteiger partial charge in [-0.3, -0.25) is 4.90 Å². The molecule has 1 saturated heterocycles. The monoisotopic (exact) mass is 266 g/mol. The topological polar surface area (TPSA) is 64.8 Å². The molecule has 0 atom stereocenters. The highest BCUT2D eigenvalue weighted by Gasteiger charge is 2.23. The van der Waals surface area contributed by atoms with E-state index in [-0.39, 0.29) is 19.2 Å². The summed E-state index contributed by atoms with van der Waals surface area (Å²) in [5, 5.41) is 0. The second kappa shape index (κ2) is 6.19. The molecule has 0 bridgehead atoms. The molecule has 0 aliphatic carbocycles. The average molecular weight is 266 g/mol.